The van der Waals surface area contributed by atoms with Crippen LogP contribution in [-0.4, -0.2) is 54.1 Å². The summed E-state index contributed by atoms with van der Waals surface area (Å²) in [6, 6.07) is 13.3. The number of hydrogen-bond acceptors (Lipinski definition) is 7. The third kappa shape index (κ3) is 8.61. The molecule has 0 atom stereocenters. The fourth-order valence-corrected chi connectivity index (χ4v) is 5.94. The van der Waals surface area contributed by atoms with E-state index >= 15 is 0 Å². The number of amides is 1. The first-order valence-corrected chi connectivity index (χ1v) is 15.4. The van der Waals surface area contributed by atoms with Crippen LogP contribution in [0.3, 0.4) is 0 Å². The molecule has 0 radical (unpaired) electrons. The molecule has 2 aliphatic rings. The summed E-state index contributed by atoms with van der Waals surface area (Å²) in [4.78, 5) is 25.5. The standard InChI is InChI=1S/C33H34F6N4O5/c1-21(44)41-14-16-42(17-15-41)25-6-10-26(11-7-25)47-20-22-2-12-28(32(34,35)36)31(18-22)48-27-8-3-23(4-9-27)40-24-5-13-30(43(45)46)29(19-24)33(37,38)39/h2,5-7,10-13,18-19,23,27,40H,3-4,8-9,14-17,20H2,1H3. The average molecular weight is 681 g/mol. The highest BCUT2D eigenvalue weighted by Crippen LogP contribution is 2.40. The second-order valence-corrected chi connectivity index (χ2v) is 11.8. The van der Waals surface area contributed by atoms with Crippen LogP contribution in [0.4, 0.5) is 43.4 Å². The minimum atomic E-state index is -4.92. The first-order chi connectivity index (χ1) is 22.7. The van der Waals surface area contributed by atoms with E-state index in [4.69, 9.17) is 9.47 Å². The molecule has 0 bridgehead atoms. The van der Waals surface area contributed by atoms with Gasteiger partial charge in [-0.15, -0.1) is 0 Å². The highest BCUT2D eigenvalue weighted by atomic mass is 19.4. The lowest BCUT2D eigenvalue weighted by atomic mass is 9.92. The van der Waals surface area contributed by atoms with Crippen molar-refractivity contribution in [1.29, 1.82) is 0 Å². The van der Waals surface area contributed by atoms with Crippen LogP contribution in [-0.2, 0) is 23.8 Å². The summed E-state index contributed by atoms with van der Waals surface area (Å²) in [5, 5.41) is 14.0. The van der Waals surface area contributed by atoms with Gasteiger partial charge in [0.05, 0.1) is 16.6 Å². The number of nitro benzene ring substituents is 1. The number of nitro groups is 1. The molecular weight excluding hydrogens is 646 g/mol. The van der Waals surface area contributed by atoms with Crippen molar-refractivity contribution < 1.29 is 45.5 Å². The Hall–Kier alpha value is -4.69. The van der Waals surface area contributed by atoms with Gasteiger partial charge in [-0.3, -0.25) is 14.9 Å². The van der Waals surface area contributed by atoms with Crippen LogP contribution in [0.5, 0.6) is 11.5 Å². The van der Waals surface area contributed by atoms with E-state index in [1.54, 1.807) is 24.0 Å². The van der Waals surface area contributed by atoms with Crippen molar-refractivity contribution >= 4 is 23.0 Å². The molecule has 1 heterocycles. The molecule has 3 aromatic rings. The Labute approximate surface area is 272 Å². The van der Waals surface area contributed by atoms with Crippen LogP contribution in [0.25, 0.3) is 0 Å². The van der Waals surface area contributed by atoms with Gasteiger partial charge in [-0.1, -0.05) is 6.07 Å². The van der Waals surface area contributed by atoms with Gasteiger partial charge in [0.15, 0.2) is 0 Å². The molecule has 1 aliphatic carbocycles. The molecule has 9 nitrogen and oxygen atoms in total. The van der Waals surface area contributed by atoms with Gasteiger partial charge in [0, 0.05) is 56.6 Å². The highest BCUT2D eigenvalue weighted by Gasteiger charge is 2.39. The van der Waals surface area contributed by atoms with Gasteiger partial charge in [0.2, 0.25) is 5.91 Å². The number of ether oxygens (including phenoxy) is 2. The predicted octanol–water partition coefficient (Wildman–Crippen LogP) is 7.68. The molecule has 1 saturated carbocycles. The molecule has 258 valence electrons. The Morgan fingerprint density at radius 3 is 2.10 bits per heavy atom. The molecule has 15 heteroatoms. The van der Waals surface area contributed by atoms with E-state index in [-0.39, 0.29) is 30.0 Å². The van der Waals surface area contributed by atoms with Crippen LogP contribution in [0.1, 0.15) is 49.3 Å². The molecule has 1 N–H and O–H groups in total. The molecular formula is C33H34F6N4O5. The minimum Gasteiger partial charge on any atom is -0.490 e. The number of anilines is 2. The average Bonchev–Trinajstić information content (AvgIpc) is 3.04. The number of hydrogen-bond donors (Lipinski definition) is 1. The second-order valence-electron chi connectivity index (χ2n) is 11.8. The molecule has 3 aromatic carbocycles. The van der Waals surface area contributed by atoms with Gasteiger partial charge in [0.1, 0.15) is 23.7 Å². The maximum absolute atomic E-state index is 13.9. The first kappa shape index (κ1) is 34.6. The normalized spacial score (nSPS) is 18.7. The maximum Gasteiger partial charge on any atom is 0.423 e. The van der Waals surface area contributed by atoms with Crippen LogP contribution < -0.4 is 19.7 Å². The van der Waals surface area contributed by atoms with Gasteiger partial charge >= 0.3 is 12.4 Å². The number of carbonyl (C=O) groups is 1. The zero-order valence-corrected chi connectivity index (χ0v) is 25.9. The molecule has 0 aromatic heterocycles. The van der Waals surface area contributed by atoms with E-state index in [0.29, 0.717) is 69.2 Å². The molecule has 5 rings (SSSR count). The molecule has 1 amide bonds. The van der Waals surface area contributed by atoms with Crippen molar-refractivity contribution in [2.75, 3.05) is 36.4 Å². The Bertz CT molecular complexity index is 1600. The van der Waals surface area contributed by atoms with Crippen LogP contribution in [0, 0.1) is 10.1 Å². The Kier molecular flexibility index (Phi) is 10.2. The fraction of sp³-hybridized carbons (Fsp3) is 0.424. The van der Waals surface area contributed by atoms with Crippen molar-refractivity contribution in [2.45, 2.75) is 63.7 Å². The summed E-state index contributed by atoms with van der Waals surface area (Å²) in [6.45, 7) is 4.23. The topological polar surface area (TPSA) is 97.2 Å². The van der Waals surface area contributed by atoms with Crippen LogP contribution >= 0.6 is 0 Å². The van der Waals surface area contributed by atoms with Gasteiger partial charge in [-0.05, 0) is 79.8 Å². The lowest BCUT2D eigenvalue weighted by Gasteiger charge is -2.35. The largest absolute Gasteiger partial charge is 0.490 e. The number of benzene rings is 3. The van der Waals surface area contributed by atoms with Gasteiger partial charge < -0.3 is 24.6 Å². The van der Waals surface area contributed by atoms with E-state index < -0.39 is 40.2 Å². The van der Waals surface area contributed by atoms with Crippen molar-refractivity contribution in [2.24, 2.45) is 0 Å². The molecule has 2 fully saturated rings. The monoisotopic (exact) mass is 680 g/mol. The summed E-state index contributed by atoms with van der Waals surface area (Å²) in [5.74, 6) is 0.250. The summed E-state index contributed by atoms with van der Waals surface area (Å²) in [6.07, 6.45) is -8.67. The number of alkyl halides is 6. The van der Waals surface area contributed by atoms with E-state index in [1.165, 1.54) is 18.2 Å². The van der Waals surface area contributed by atoms with Crippen molar-refractivity contribution in [1.82, 2.24) is 4.90 Å². The van der Waals surface area contributed by atoms with Gasteiger partial charge in [0.25, 0.3) is 5.69 Å². The molecule has 1 saturated heterocycles. The summed E-state index contributed by atoms with van der Waals surface area (Å²) >= 11 is 0. The third-order valence-electron chi connectivity index (χ3n) is 8.52. The Morgan fingerprint density at radius 2 is 1.52 bits per heavy atom. The predicted molar refractivity (Wildman–Crippen MR) is 165 cm³/mol. The third-order valence-corrected chi connectivity index (χ3v) is 8.52. The highest BCUT2D eigenvalue weighted by molar-refractivity contribution is 5.73. The first-order valence-electron chi connectivity index (χ1n) is 15.4. The van der Waals surface area contributed by atoms with E-state index in [2.05, 4.69) is 10.2 Å². The molecule has 0 unspecified atom stereocenters. The number of rotatable bonds is 9. The molecule has 48 heavy (non-hydrogen) atoms. The molecule has 0 spiro atoms. The van der Waals surface area contributed by atoms with Crippen molar-refractivity contribution in [3.05, 3.63) is 87.5 Å². The Balaban J connectivity index is 1.18. The minimum absolute atomic E-state index is 0.00303. The summed E-state index contributed by atoms with van der Waals surface area (Å²) in [7, 11) is 0. The zero-order valence-electron chi connectivity index (χ0n) is 25.9. The van der Waals surface area contributed by atoms with Gasteiger partial charge in [-0.2, -0.15) is 26.3 Å². The number of piperazine rings is 1. The van der Waals surface area contributed by atoms with E-state index in [1.807, 2.05) is 12.1 Å². The lowest BCUT2D eigenvalue weighted by Crippen LogP contribution is -2.48. The van der Waals surface area contributed by atoms with Crippen LogP contribution in [0.2, 0.25) is 0 Å². The summed E-state index contributed by atoms with van der Waals surface area (Å²) in [5.41, 5.74) is -1.84. The van der Waals surface area contributed by atoms with Crippen molar-refractivity contribution in [3.8, 4) is 11.5 Å². The number of nitrogens with zero attached hydrogens (tertiary/aromatic N) is 3. The summed E-state index contributed by atoms with van der Waals surface area (Å²) < 4.78 is 93.4. The number of halogens is 6. The van der Waals surface area contributed by atoms with E-state index in [9.17, 15) is 41.3 Å². The second kappa shape index (κ2) is 14.2. The maximum atomic E-state index is 13.9. The van der Waals surface area contributed by atoms with Crippen LogP contribution in [0.15, 0.2) is 60.7 Å². The molecule has 1 aliphatic heterocycles. The van der Waals surface area contributed by atoms with Crippen molar-refractivity contribution in [3.63, 3.8) is 0 Å². The number of carbonyl (C=O) groups excluding carboxylic acids is 1. The fourth-order valence-electron chi connectivity index (χ4n) is 5.94. The Morgan fingerprint density at radius 1 is 0.875 bits per heavy atom. The lowest BCUT2D eigenvalue weighted by molar-refractivity contribution is -0.388. The van der Waals surface area contributed by atoms with E-state index in [0.717, 1.165) is 17.8 Å². The smallest absolute Gasteiger partial charge is 0.423 e. The SMILES string of the molecule is CC(=O)N1CCN(c2ccc(OCc3ccc(C(F)(F)F)c(OC4CCC(Nc5ccc([N+](=O)[O-])c(C(F)(F)F)c5)CC4)c3)cc2)CC1. The zero-order chi connectivity index (χ0) is 34.6. The number of nitrogens with one attached hydrogen (secondary N) is 1. The van der Waals surface area contributed by atoms with Gasteiger partial charge in [-0.25, -0.2) is 0 Å². The quantitative estimate of drug-likeness (QED) is 0.141.